The summed E-state index contributed by atoms with van der Waals surface area (Å²) in [6, 6.07) is 7.57. The number of halogens is 1. The van der Waals surface area contributed by atoms with Crippen molar-refractivity contribution in [3.05, 3.63) is 28.8 Å². The second-order valence-corrected chi connectivity index (χ2v) is 3.88. The van der Waals surface area contributed by atoms with Gasteiger partial charge >= 0.3 is 0 Å². The molecule has 1 fully saturated rings. The maximum atomic E-state index is 8.70. The predicted octanol–water partition coefficient (Wildman–Crippen LogP) is 2.81. The highest BCUT2D eigenvalue weighted by Gasteiger charge is 2.14. The number of hydrogen-bond acceptors (Lipinski definition) is 2. The van der Waals surface area contributed by atoms with Crippen LogP contribution in [0.3, 0.4) is 0 Å². The first kappa shape index (κ1) is 9.36. The zero-order valence-corrected chi connectivity index (χ0v) is 8.59. The molecule has 1 aromatic carbocycles. The largest absolute Gasteiger partial charge is 0.370 e. The van der Waals surface area contributed by atoms with Crippen molar-refractivity contribution in [2.24, 2.45) is 0 Å². The molecule has 0 atom stereocenters. The first-order valence-corrected chi connectivity index (χ1v) is 5.13. The van der Waals surface area contributed by atoms with Crippen LogP contribution in [0, 0.1) is 11.3 Å². The Labute approximate surface area is 88.7 Å². The van der Waals surface area contributed by atoms with Gasteiger partial charge in [0.2, 0.25) is 0 Å². The molecule has 14 heavy (non-hydrogen) atoms. The molecule has 0 radical (unpaired) electrons. The van der Waals surface area contributed by atoms with Gasteiger partial charge < -0.3 is 4.90 Å². The monoisotopic (exact) mass is 206 g/mol. The first-order chi connectivity index (χ1) is 6.81. The Morgan fingerprint density at radius 1 is 1.29 bits per heavy atom. The van der Waals surface area contributed by atoms with E-state index in [-0.39, 0.29) is 0 Å². The van der Waals surface area contributed by atoms with Gasteiger partial charge in [-0.1, -0.05) is 11.6 Å². The number of benzene rings is 1. The summed E-state index contributed by atoms with van der Waals surface area (Å²) in [5, 5.41) is 9.38. The Kier molecular flexibility index (Phi) is 2.60. The van der Waals surface area contributed by atoms with E-state index in [1.807, 2.05) is 12.1 Å². The third-order valence-electron chi connectivity index (χ3n) is 2.52. The Hall–Kier alpha value is -1.20. The lowest BCUT2D eigenvalue weighted by molar-refractivity contribution is 0.949. The fraction of sp³-hybridized carbons (Fsp3) is 0.364. The smallest absolute Gasteiger partial charge is 0.0992 e. The molecule has 0 spiro atoms. The number of rotatable bonds is 1. The van der Waals surface area contributed by atoms with Gasteiger partial charge in [-0.2, -0.15) is 5.26 Å². The number of anilines is 1. The quantitative estimate of drug-likeness (QED) is 0.707. The van der Waals surface area contributed by atoms with Crippen molar-refractivity contribution in [2.45, 2.75) is 12.8 Å². The minimum absolute atomic E-state index is 0.623. The van der Waals surface area contributed by atoms with Crippen molar-refractivity contribution < 1.29 is 0 Å². The summed E-state index contributed by atoms with van der Waals surface area (Å²) in [7, 11) is 0. The van der Waals surface area contributed by atoms with Gasteiger partial charge in [-0.15, -0.1) is 0 Å². The summed E-state index contributed by atoms with van der Waals surface area (Å²) in [4.78, 5) is 2.27. The van der Waals surface area contributed by atoms with Crippen molar-refractivity contribution in [3.63, 3.8) is 0 Å². The van der Waals surface area contributed by atoms with Crippen molar-refractivity contribution in [2.75, 3.05) is 18.0 Å². The van der Waals surface area contributed by atoms with E-state index in [9.17, 15) is 0 Å². The molecular formula is C11H11ClN2. The minimum Gasteiger partial charge on any atom is -0.370 e. The van der Waals surface area contributed by atoms with Crippen LogP contribution >= 0.6 is 11.6 Å². The Morgan fingerprint density at radius 3 is 2.57 bits per heavy atom. The summed E-state index contributed by atoms with van der Waals surface area (Å²) >= 11 is 6.10. The van der Waals surface area contributed by atoms with Crippen LogP contribution in [-0.4, -0.2) is 13.1 Å². The van der Waals surface area contributed by atoms with Crippen LogP contribution in [0.15, 0.2) is 18.2 Å². The van der Waals surface area contributed by atoms with Crippen LogP contribution in [0.1, 0.15) is 18.4 Å². The fourth-order valence-corrected chi connectivity index (χ4v) is 2.09. The molecule has 0 aromatic heterocycles. The molecule has 0 bridgehead atoms. The average molecular weight is 207 g/mol. The van der Waals surface area contributed by atoms with Crippen LogP contribution in [0.2, 0.25) is 5.02 Å². The summed E-state index contributed by atoms with van der Waals surface area (Å²) in [6.07, 6.45) is 2.46. The summed E-state index contributed by atoms with van der Waals surface area (Å²) < 4.78 is 0. The number of nitrogens with zero attached hydrogens (tertiary/aromatic N) is 2. The van der Waals surface area contributed by atoms with Crippen LogP contribution < -0.4 is 4.90 Å². The maximum Gasteiger partial charge on any atom is 0.0992 e. The highest BCUT2D eigenvalue weighted by molar-refractivity contribution is 6.33. The van der Waals surface area contributed by atoms with Gasteiger partial charge in [-0.05, 0) is 31.0 Å². The highest BCUT2D eigenvalue weighted by atomic mass is 35.5. The molecule has 72 valence electrons. The molecule has 0 amide bonds. The molecule has 1 heterocycles. The normalized spacial score (nSPS) is 15.6. The summed E-state index contributed by atoms with van der Waals surface area (Å²) in [6.45, 7) is 2.15. The molecule has 1 aliphatic heterocycles. The van der Waals surface area contributed by atoms with E-state index >= 15 is 0 Å². The maximum absolute atomic E-state index is 8.70. The minimum atomic E-state index is 0.623. The van der Waals surface area contributed by atoms with Crippen molar-refractivity contribution in [1.29, 1.82) is 5.26 Å². The van der Waals surface area contributed by atoms with E-state index in [2.05, 4.69) is 11.0 Å². The average Bonchev–Trinajstić information content (AvgIpc) is 2.70. The third-order valence-corrected chi connectivity index (χ3v) is 2.83. The lowest BCUT2D eigenvalue weighted by Gasteiger charge is -2.18. The van der Waals surface area contributed by atoms with Crippen molar-refractivity contribution in [3.8, 4) is 6.07 Å². The van der Waals surface area contributed by atoms with Crippen LogP contribution in [0.4, 0.5) is 5.69 Å². The summed E-state index contributed by atoms with van der Waals surface area (Å²) in [5.74, 6) is 0. The molecule has 0 unspecified atom stereocenters. The molecule has 1 aromatic rings. The van der Waals surface area contributed by atoms with Gasteiger partial charge in [0.05, 0.1) is 22.3 Å². The second kappa shape index (κ2) is 3.89. The first-order valence-electron chi connectivity index (χ1n) is 4.76. The molecular weight excluding hydrogens is 196 g/mol. The van der Waals surface area contributed by atoms with E-state index in [4.69, 9.17) is 16.9 Å². The van der Waals surface area contributed by atoms with Crippen LogP contribution in [-0.2, 0) is 0 Å². The zero-order valence-electron chi connectivity index (χ0n) is 7.83. The van der Waals surface area contributed by atoms with Crippen LogP contribution in [0.25, 0.3) is 0 Å². The number of nitriles is 1. The molecule has 3 heteroatoms. The number of hydrogen-bond donors (Lipinski definition) is 0. The van der Waals surface area contributed by atoms with E-state index in [0.29, 0.717) is 10.6 Å². The molecule has 1 saturated heterocycles. The Balaban J connectivity index is 2.30. The molecule has 0 aliphatic carbocycles. The van der Waals surface area contributed by atoms with Gasteiger partial charge in [0.25, 0.3) is 0 Å². The SMILES string of the molecule is N#Cc1ccc(N2CCCC2)c(Cl)c1. The van der Waals surface area contributed by atoms with E-state index in [0.717, 1.165) is 18.8 Å². The third kappa shape index (κ3) is 1.69. The molecule has 2 rings (SSSR count). The predicted molar refractivity (Wildman–Crippen MR) is 57.6 cm³/mol. The van der Waals surface area contributed by atoms with E-state index < -0.39 is 0 Å². The van der Waals surface area contributed by atoms with Gasteiger partial charge in [-0.3, -0.25) is 0 Å². The highest BCUT2D eigenvalue weighted by Crippen LogP contribution is 2.29. The lowest BCUT2D eigenvalue weighted by Crippen LogP contribution is -2.17. The van der Waals surface area contributed by atoms with E-state index in [1.165, 1.54) is 12.8 Å². The second-order valence-electron chi connectivity index (χ2n) is 3.47. The molecule has 0 saturated carbocycles. The molecule has 2 nitrogen and oxygen atoms in total. The Bertz CT molecular complexity index is 375. The Morgan fingerprint density at radius 2 is 2.00 bits per heavy atom. The molecule has 1 aliphatic rings. The molecule has 0 N–H and O–H groups in total. The van der Waals surface area contributed by atoms with Crippen molar-refractivity contribution in [1.82, 2.24) is 0 Å². The van der Waals surface area contributed by atoms with Gasteiger partial charge in [-0.25, -0.2) is 0 Å². The van der Waals surface area contributed by atoms with Crippen molar-refractivity contribution >= 4 is 17.3 Å². The zero-order chi connectivity index (χ0) is 9.97. The topological polar surface area (TPSA) is 27.0 Å². The van der Waals surface area contributed by atoms with Gasteiger partial charge in [0, 0.05) is 13.1 Å². The van der Waals surface area contributed by atoms with Gasteiger partial charge in [0.15, 0.2) is 0 Å². The van der Waals surface area contributed by atoms with E-state index in [1.54, 1.807) is 6.07 Å². The summed E-state index contributed by atoms with van der Waals surface area (Å²) in [5.41, 5.74) is 1.68. The van der Waals surface area contributed by atoms with Crippen LogP contribution in [0.5, 0.6) is 0 Å². The standard InChI is InChI=1S/C11H11ClN2/c12-10-7-9(8-13)3-4-11(10)14-5-1-2-6-14/h3-4,7H,1-2,5-6H2. The lowest BCUT2D eigenvalue weighted by atomic mass is 10.2. The van der Waals surface area contributed by atoms with Gasteiger partial charge in [0.1, 0.15) is 0 Å². The fourth-order valence-electron chi connectivity index (χ4n) is 1.79.